The van der Waals surface area contributed by atoms with Crippen LogP contribution in [-0.4, -0.2) is 55.5 Å². The Labute approximate surface area is 138 Å². The largest absolute Gasteiger partial charge is 0.395 e. The van der Waals surface area contributed by atoms with E-state index in [1.54, 1.807) is 6.07 Å². The molecule has 122 valence electrons. The highest BCUT2D eigenvalue weighted by molar-refractivity contribution is 7.17. The maximum absolute atomic E-state index is 11.9. The Kier molecular flexibility index (Phi) is 5.22. The van der Waals surface area contributed by atoms with Crippen LogP contribution in [0.5, 0.6) is 0 Å². The van der Waals surface area contributed by atoms with Gasteiger partial charge in [-0.2, -0.15) is 0 Å². The molecule has 0 spiro atoms. The third-order valence-electron chi connectivity index (χ3n) is 3.59. The van der Waals surface area contributed by atoms with Crippen LogP contribution in [0.2, 0.25) is 0 Å². The molecular weight excluding hydrogens is 314 g/mol. The number of rotatable bonds is 5. The minimum Gasteiger partial charge on any atom is -0.395 e. The topological polar surface area (TPSA) is 74.7 Å². The first-order valence-electron chi connectivity index (χ1n) is 7.56. The molecule has 2 aromatic heterocycles. The average Bonchev–Trinajstić information content (AvgIpc) is 3.11. The minimum absolute atomic E-state index is 0.0586. The molecule has 2 aromatic rings. The Hall–Kier alpha value is -1.96. The highest BCUT2D eigenvalue weighted by Gasteiger charge is 2.13. The van der Waals surface area contributed by atoms with Gasteiger partial charge >= 0.3 is 0 Å². The molecule has 1 fully saturated rings. The number of carbonyl (C=O) groups is 1. The number of nitrogens with zero attached hydrogens (tertiary/aromatic N) is 2. The molecule has 1 saturated heterocycles. The highest BCUT2D eigenvalue weighted by atomic mass is 32.1. The molecule has 0 unspecified atom stereocenters. The van der Waals surface area contributed by atoms with Gasteiger partial charge in [0, 0.05) is 36.3 Å². The molecule has 2 N–H and O–H groups in total. The van der Waals surface area contributed by atoms with E-state index in [2.05, 4.69) is 15.2 Å². The van der Waals surface area contributed by atoms with E-state index in [9.17, 15) is 4.79 Å². The van der Waals surface area contributed by atoms with Gasteiger partial charge in [-0.25, -0.2) is 4.98 Å². The lowest BCUT2D eigenvalue weighted by Gasteiger charge is -2.27. The Bertz CT molecular complexity index is 651. The number of carbonyl (C=O) groups excluding carboxylic acids is 1. The molecule has 3 heterocycles. The lowest BCUT2D eigenvalue weighted by atomic mass is 10.2. The first-order valence-corrected chi connectivity index (χ1v) is 8.37. The molecule has 0 radical (unpaired) electrons. The van der Waals surface area contributed by atoms with Gasteiger partial charge in [-0.15, -0.1) is 11.3 Å². The summed E-state index contributed by atoms with van der Waals surface area (Å²) in [6, 6.07) is 7.75. The van der Waals surface area contributed by atoms with Gasteiger partial charge in [0.25, 0.3) is 5.91 Å². The van der Waals surface area contributed by atoms with E-state index in [0.717, 1.165) is 42.6 Å². The molecule has 1 amide bonds. The number of pyridine rings is 1. The number of aromatic nitrogens is 1. The fourth-order valence-electron chi connectivity index (χ4n) is 2.38. The Balaban J connectivity index is 1.69. The summed E-state index contributed by atoms with van der Waals surface area (Å²) in [7, 11) is 0. The fraction of sp³-hybridized carbons (Fsp3) is 0.375. The zero-order valence-corrected chi connectivity index (χ0v) is 13.5. The van der Waals surface area contributed by atoms with Gasteiger partial charge in [0.15, 0.2) is 0 Å². The van der Waals surface area contributed by atoms with Crippen molar-refractivity contribution in [3.05, 3.63) is 35.3 Å². The number of hydrogen-bond donors (Lipinski definition) is 2. The zero-order chi connectivity index (χ0) is 16.1. The van der Waals surface area contributed by atoms with E-state index >= 15 is 0 Å². The highest BCUT2D eigenvalue weighted by Crippen LogP contribution is 2.28. The van der Waals surface area contributed by atoms with Crippen molar-refractivity contribution in [3.8, 4) is 10.4 Å². The summed E-state index contributed by atoms with van der Waals surface area (Å²) in [6.07, 6.45) is 1.84. The molecule has 3 rings (SSSR count). The third kappa shape index (κ3) is 3.87. The number of hydrogen-bond acceptors (Lipinski definition) is 6. The summed E-state index contributed by atoms with van der Waals surface area (Å²) in [5.74, 6) is 0.794. The monoisotopic (exact) mass is 333 g/mol. The number of morpholine rings is 1. The second-order valence-electron chi connectivity index (χ2n) is 5.15. The fourth-order valence-corrected chi connectivity index (χ4v) is 3.30. The maximum atomic E-state index is 11.9. The van der Waals surface area contributed by atoms with Crippen LogP contribution in [0.25, 0.3) is 10.4 Å². The molecule has 0 aliphatic carbocycles. The van der Waals surface area contributed by atoms with Gasteiger partial charge < -0.3 is 20.1 Å². The quantitative estimate of drug-likeness (QED) is 0.864. The van der Waals surface area contributed by atoms with Crippen molar-refractivity contribution in [1.82, 2.24) is 10.3 Å². The zero-order valence-electron chi connectivity index (χ0n) is 12.7. The molecule has 1 aliphatic rings. The Morgan fingerprint density at radius 1 is 1.30 bits per heavy atom. The number of anilines is 1. The van der Waals surface area contributed by atoms with Gasteiger partial charge in [0.1, 0.15) is 5.82 Å². The predicted octanol–water partition coefficient (Wildman–Crippen LogP) is 1.37. The van der Waals surface area contributed by atoms with Crippen molar-refractivity contribution in [3.63, 3.8) is 0 Å². The second kappa shape index (κ2) is 7.54. The van der Waals surface area contributed by atoms with Gasteiger partial charge in [-0.1, -0.05) is 0 Å². The number of thiophene rings is 1. The Morgan fingerprint density at radius 2 is 2.13 bits per heavy atom. The molecule has 7 heteroatoms. The van der Waals surface area contributed by atoms with Crippen LogP contribution in [0.4, 0.5) is 5.82 Å². The SMILES string of the molecule is O=C(NCCO)c1ccc(-c2ccc(N3CCOCC3)nc2)s1. The molecule has 1 aliphatic heterocycles. The first-order chi connectivity index (χ1) is 11.3. The smallest absolute Gasteiger partial charge is 0.261 e. The lowest BCUT2D eigenvalue weighted by Crippen LogP contribution is -2.36. The van der Waals surface area contributed by atoms with Gasteiger partial charge in [-0.3, -0.25) is 4.79 Å². The van der Waals surface area contributed by atoms with E-state index in [4.69, 9.17) is 9.84 Å². The van der Waals surface area contributed by atoms with Crippen molar-refractivity contribution < 1.29 is 14.6 Å². The summed E-state index contributed by atoms with van der Waals surface area (Å²) in [6.45, 7) is 3.40. The van der Waals surface area contributed by atoms with E-state index in [0.29, 0.717) is 4.88 Å². The molecular formula is C16H19N3O3S. The van der Waals surface area contributed by atoms with Crippen molar-refractivity contribution in [2.75, 3.05) is 44.4 Å². The van der Waals surface area contributed by atoms with Gasteiger partial charge in [0.2, 0.25) is 0 Å². The number of aliphatic hydroxyl groups is 1. The molecule has 6 nitrogen and oxygen atoms in total. The average molecular weight is 333 g/mol. The predicted molar refractivity (Wildman–Crippen MR) is 90.0 cm³/mol. The molecule has 0 bridgehead atoms. The van der Waals surface area contributed by atoms with Crippen molar-refractivity contribution in [2.45, 2.75) is 0 Å². The number of ether oxygens (including phenoxy) is 1. The minimum atomic E-state index is -0.159. The van der Waals surface area contributed by atoms with Crippen molar-refractivity contribution in [1.29, 1.82) is 0 Å². The lowest BCUT2D eigenvalue weighted by molar-refractivity contribution is 0.0949. The van der Waals surface area contributed by atoms with Crippen LogP contribution >= 0.6 is 11.3 Å². The summed E-state index contributed by atoms with van der Waals surface area (Å²) >= 11 is 1.42. The molecule has 0 saturated carbocycles. The first kappa shape index (κ1) is 15.9. The summed E-state index contributed by atoms with van der Waals surface area (Å²) < 4.78 is 5.35. The van der Waals surface area contributed by atoms with Crippen LogP contribution in [0, 0.1) is 0 Å². The van der Waals surface area contributed by atoms with Crippen LogP contribution in [0.15, 0.2) is 30.5 Å². The van der Waals surface area contributed by atoms with Gasteiger partial charge in [-0.05, 0) is 24.3 Å². The number of nitrogens with one attached hydrogen (secondary N) is 1. The normalized spacial score (nSPS) is 14.7. The van der Waals surface area contributed by atoms with E-state index < -0.39 is 0 Å². The second-order valence-corrected chi connectivity index (χ2v) is 6.23. The van der Waals surface area contributed by atoms with E-state index in [1.807, 2.05) is 24.4 Å². The Morgan fingerprint density at radius 3 is 2.83 bits per heavy atom. The van der Waals surface area contributed by atoms with Crippen LogP contribution in [0.1, 0.15) is 9.67 Å². The molecule has 23 heavy (non-hydrogen) atoms. The van der Waals surface area contributed by atoms with Crippen LogP contribution < -0.4 is 10.2 Å². The summed E-state index contributed by atoms with van der Waals surface area (Å²) in [4.78, 5) is 20.2. The number of aliphatic hydroxyl groups excluding tert-OH is 1. The number of amides is 1. The third-order valence-corrected chi connectivity index (χ3v) is 4.73. The van der Waals surface area contributed by atoms with Crippen LogP contribution in [0.3, 0.4) is 0 Å². The van der Waals surface area contributed by atoms with Crippen LogP contribution in [-0.2, 0) is 4.74 Å². The van der Waals surface area contributed by atoms with Crippen molar-refractivity contribution >= 4 is 23.1 Å². The molecule has 0 aromatic carbocycles. The summed E-state index contributed by atoms with van der Waals surface area (Å²) in [5.41, 5.74) is 0.994. The van der Waals surface area contributed by atoms with Gasteiger partial charge in [0.05, 0.1) is 24.7 Å². The van der Waals surface area contributed by atoms with E-state index in [1.165, 1.54) is 11.3 Å². The van der Waals surface area contributed by atoms with Crippen molar-refractivity contribution in [2.24, 2.45) is 0 Å². The standard InChI is InChI=1S/C16H19N3O3S/c20-8-5-17-16(21)14-3-2-13(23-14)12-1-4-15(18-11-12)19-6-9-22-10-7-19/h1-4,11,20H,5-10H2,(H,17,21). The summed E-state index contributed by atoms with van der Waals surface area (Å²) in [5, 5.41) is 11.4. The van der Waals surface area contributed by atoms with E-state index in [-0.39, 0.29) is 19.1 Å². The molecule has 0 atom stereocenters. The maximum Gasteiger partial charge on any atom is 0.261 e.